The van der Waals surface area contributed by atoms with Gasteiger partial charge in [0.2, 0.25) is 11.8 Å². The fraction of sp³-hybridized carbons (Fsp3) is 0.529. The summed E-state index contributed by atoms with van der Waals surface area (Å²) in [6.07, 6.45) is 0.117. The van der Waals surface area contributed by atoms with Crippen molar-refractivity contribution in [2.24, 2.45) is 5.92 Å². The summed E-state index contributed by atoms with van der Waals surface area (Å²) in [6.45, 7) is 8.21. The second kappa shape index (κ2) is 7.06. The average Bonchev–Trinajstić information content (AvgIpc) is 2.74. The molecule has 1 aliphatic rings. The van der Waals surface area contributed by atoms with Crippen molar-refractivity contribution in [3.63, 3.8) is 0 Å². The quantitative estimate of drug-likeness (QED) is 0.378. The van der Waals surface area contributed by atoms with Crippen LogP contribution in [0.15, 0.2) is 24.3 Å². The molecule has 0 N–H and O–H groups in total. The van der Waals surface area contributed by atoms with E-state index in [1.54, 1.807) is 0 Å². The molecule has 1 unspecified atom stereocenters. The summed E-state index contributed by atoms with van der Waals surface area (Å²) in [4.78, 5) is 25.1. The Morgan fingerprint density at radius 1 is 1.17 bits per heavy atom. The van der Waals surface area contributed by atoms with Crippen LogP contribution in [0.5, 0.6) is 0 Å². The van der Waals surface area contributed by atoms with E-state index >= 15 is 0 Å². The maximum absolute atomic E-state index is 12.8. The predicted octanol–water partition coefficient (Wildman–Crippen LogP) is 5.44. The number of hydrogen-bond donors (Lipinski definition) is 0. The molecule has 2 amide bonds. The van der Waals surface area contributed by atoms with Crippen molar-refractivity contribution in [1.82, 2.24) is 4.31 Å². The Hall–Kier alpha value is -0.420. The zero-order valence-corrected chi connectivity index (χ0v) is 17.1. The van der Waals surface area contributed by atoms with E-state index in [0.717, 1.165) is 9.87 Å². The normalized spacial score (nSPS) is 19.5. The highest BCUT2D eigenvalue weighted by Gasteiger charge is 2.50. The Morgan fingerprint density at radius 3 is 2.29 bits per heavy atom. The molecular formula is C17H20Cl3NO2S. The third kappa shape index (κ3) is 4.04. The highest BCUT2D eigenvalue weighted by atomic mass is 35.6. The molecule has 1 aromatic rings. The van der Waals surface area contributed by atoms with Gasteiger partial charge in [0.05, 0.1) is 5.92 Å². The number of amides is 2. The summed E-state index contributed by atoms with van der Waals surface area (Å²) in [5.74, 6) is -0.791. The Labute approximate surface area is 162 Å². The van der Waals surface area contributed by atoms with Crippen molar-refractivity contribution in [3.8, 4) is 0 Å². The maximum Gasteiger partial charge on any atom is 0.256 e. The highest BCUT2D eigenvalue weighted by molar-refractivity contribution is 8.03. The smallest absolute Gasteiger partial charge is 0.256 e. The van der Waals surface area contributed by atoms with Gasteiger partial charge in [0.25, 0.3) is 3.12 Å². The van der Waals surface area contributed by atoms with Gasteiger partial charge in [-0.25, -0.2) is 4.31 Å². The van der Waals surface area contributed by atoms with Gasteiger partial charge in [-0.05, 0) is 17.0 Å². The standard InChI is InChI=1S/C17H20Cl3NO2S/c1-10(2)11-7-5-6-8-12(11)16(3,4)13-9-14(22)21(15(13)23)24-17(18,19)20/h5-8,10,13H,9H2,1-4H3. The van der Waals surface area contributed by atoms with Crippen LogP contribution in [0.2, 0.25) is 0 Å². The molecule has 0 spiro atoms. The summed E-state index contributed by atoms with van der Waals surface area (Å²) in [5, 5.41) is 0. The number of rotatable bonds is 4. The van der Waals surface area contributed by atoms with E-state index in [1.807, 2.05) is 32.0 Å². The molecule has 0 aromatic heterocycles. The van der Waals surface area contributed by atoms with E-state index in [9.17, 15) is 9.59 Å². The summed E-state index contributed by atoms with van der Waals surface area (Å²) in [7, 11) is 0. The summed E-state index contributed by atoms with van der Waals surface area (Å²) >= 11 is 17.8. The predicted molar refractivity (Wildman–Crippen MR) is 101 cm³/mol. The van der Waals surface area contributed by atoms with E-state index in [0.29, 0.717) is 17.9 Å². The Kier molecular flexibility index (Phi) is 5.86. The fourth-order valence-electron chi connectivity index (χ4n) is 3.15. The van der Waals surface area contributed by atoms with Gasteiger partial charge in [0, 0.05) is 23.8 Å². The number of benzene rings is 1. The van der Waals surface area contributed by atoms with Crippen LogP contribution in [0.25, 0.3) is 0 Å². The first-order valence-electron chi connectivity index (χ1n) is 7.67. The SMILES string of the molecule is CC(C)c1ccccc1C(C)(C)C1CC(=O)N(SC(Cl)(Cl)Cl)C1=O. The van der Waals surface area contributed by atoms with Crippen LogP contribution in [-0.2, 0) is 15.0 Å². The van der Waals surface area contributed by atoms with Crippen molar-refractivity contribution < 1.29 is 9.59 Å². The number of carbonyl (C=O) groups excluding carboxylic acids is 2. The molecule has 0 bridgehead atoms. The van der Waals surface area contributed by atoms with Gasteiger partial charge in [0.15, 0.2) is 0 Å². The van der Waals surface area contributed by atoms with Crippen molar-refractivity contribution in [2.45, 2.75) is 48.6 Å². The molecule has 0 saturated carbocycles. The number of nitrogens with zero attached hydrogens (tertiary/aromatic N) is 1. The third-order valence-corrected chi connectivity index (χ3v) is 5.84. The second-order valence-corrected chi connectivity index (χ2v) is 10.9. The number of halogens is 3. The lowest BCUT2D eigenvalue weighted by atomic mass is 9.70. The summed E-state index contributed by atoms with van der Waals surface area (Å²) in [6, 6.07) is 8.04. The molecule has 1 fully saturated rings. The monoisotopic (exact) mass is 407 g/mol. The van der Waals surface area contributed by atoms with Gasteiger partial charge < -0.3 is 0 Å². The zero-order valence-electron chi connectivity index (χ0n) is 14.0. The van der Waals surface area contributed by atoms with Crippen LogP contribution in [0.3, 0.4) is 0 Å². The lowest BCUT2D eigenvalue weighted by Gasteiger charge is -2.33. The van der Waals surface area contributed by atoms with Crippen LogP contribution >= 0.6 is 46.8 Å². The minimum atomic E-state index is -1.75. The molecule has 3 nitrogen and oxygen atoms in total. The fourth-order valence-corrected chi connectivity index (χ4v) is 4.37. The molecule has 1 atom stereocenters. The summed E-state index contributed by atoms with van der Waals surface area (Å²) < 4.78 is -0.752. The van der Waals surface area contributed by atoms with E-state index in [4.69, 9.17) is 34.8 Å². The van der Waals surface area contributed by atoms with Crippen molar-refractivity contribution in [1.29, 1.82) is 0 Å². The molecule has 1 heterocycles. The number of alkyl halides is 3. The van der Waals surface area contributed by atoms with Gasteiger partial charge in [-0.3, -0.25) is 9.59 Å². The number of carbonyl (C=O) groups is 2. The largest absolute Gasteiger partial charge is 0.273 e. The zero-order chi connectivity index (χ0) is 18.3. The van der Waals surface area contributed by atoms with Crippen LogP contribution < -0.4 is 0 Å². The molecule has 24 heavy (non-hydrogen) atoms. The first-order valence-corrected chi connectivity index (χ1v) is 9.58. The van der Waals surface area contributed by atoms with Gasteiger partial charge in [0.1, 0.15) is 0 Å². The molecule has 7 heteroatoms. The Morgan fingerprint density at radius 2 is 1.75 bits per heavy atom. The van der Waals surface area contributed by atoms with Gasteiger partial charge >= 0.3 is 0 Å². The van der Waals surface area contributed by atoms with Crippen molar-refractivity contribution >= 4 is 58.6 Å². The van der Waals surface area contributed by atoms with Crippen LogP contribution in [0.1, 0.15) is 51.2 Å². The molecule has 132 valence electrons. The lowest BCUT2D eigenvalue weighted by Crippen LogP contribution is -2.36. The van der Waals surface area contributed by atoms with Crippen LogP contribution in [0, 0.1) is 5.92 Å². The van der Waals surface area contributed by atoms with Crippen molar-refractivity contribution in [3.05, 3.63) is 35.4 Å². The minimum Gasteiger partial charge on any atom is -0.273 e. The van der Waals surface area contributed by atoms with Gasteiger partial charge in [-0.15, -0.1) is 0 Å². The van der Waals surface area contributed by atoms with Crippen LogP contribution in [0.4, 0.5) is 0 Å². The second-order valence-electron chi connectivity index (χ2n) is 6.78. The summed E-state index contributed by atoms with van der Waals surface area (Å²) in [5.41, 5.74) is 1.75. The molecule has 0 radical (unpaired) electrons. The highest BCUT2D eigenvalue weighted by Crippen LogP contribution is 2.48. The molecule has 0 aliphatic carbocycles. The number of imide groups is 1. The molecule has 1 aromatic carbocycles. The lowest BCUT2D eigenvalue weighted by molar-refractivity contribution is -0.133. The number of hydrogen-bond acceptors (Lipinski definition) is 3. The maximum atomic E-state index is 12.8. The minimum absolute atomic E-state index is 0.117. The Bertz CT molecular complexity index is 655. The average molecular weight is 409 g/mol. The molecular weight excluding hydrogens is 389 g/mol. The molecule has 2 rings (SSSR count). The van der Waals surface area contributed by atoms with Crippen LogP contribution in [-0.4, -0.2) is 19.2 Å². The van der Waals surface area contributed by atoms with Crippen molar-refractivity contribution in [2.75, 3.05) is 0 Å². The Balaban J connectivity index is 2.37. The first kappa shape index (κ1) is 19.9. The topological polar surface area (TPSA) is 37.4 Å². The van der Waals surface area contributed by atoms with Gasteiger partial charge in [-0.1, -0.05) is 86.8 Å². The third-order valence-electron chi connectivity index (χ3n) is 4.45. The van der Waals surface area contributed by atoms with E-state index in [1.165, 1.54) is 5.56 Å². The first-order chi connectivity index (χ1) is 10.9. The van der Waals surface area contributed by atoms with E-state index < -0.39 is 14.5 Å². The van der Waals surface area contributed by atoms with Gasteiger partial charge in [-0.2, -0.15) is 0 Å². The molecule has 1 aliphatic heterocycles. The van der Waals surface area contributed by atoms with E-state index in [2.05, 4.69) is 19.9 Å². The molecule has 1 saturated heterocycles. The van der Waals surface area contributed by atoms with E-state index in [-0.39, 0.29) is 18.2 Å².